The Kier molecular flexibility index (Phi) is 2.72. The Labute approximate surface area is 93.8 Å². The molecule has 1 fully saturated rings. The van der Waals surface area contributed by atoms with Crippen molar-refractivity contribution in [3.63, 3.8) is 0 Å². The molecule has 0 radical (unpaired) electrons. The van der Waals surface area contributed by atoms with E-state index in [1.165, 1.54) is 6.20 Å². The number of carbonyl (C=O) groups excluding carboxylic acids is 1. The second-order valence-corrected chi connectivity index (χ2v) is 3.96. The van der Waals surface area contributed by atoms with Gasteiger partial charge in [0.25, 0.3) is 5.56 Å². The predicted molar refractivity (Wildman–Crippen MR) is 57.8 cm³/mol. The smallest absolute Gasteiger partial charge is 0.280 e. The van der Waals surface area contributed by atoms with Crippen molar-refractivity contribution < 1.29 is 4.79 Å². The molecular formula is C8H9BrN4O2. The quantitative estimate of drug-likeness (QED) is 0.721. The zero-order chi connectivity index (χ0) is 10.8. The molecule has 0 saturated carbocycles. The fraction of sp³-hybridized carbons (Fsp3) is 0.375. The van der Waals surface area contributed by atoms with Gasteiger partial charge in [-0.25, -0.2) is 5.10 Å². The summed E-state index contributed by atoms with van der Waals surface area (Å²) in [4.78, 5) is 24.3. The van der Waals surface area contributed by atoms with Crippen molar-refractivity contribution in [1.82, 2.24) is 15.5 Å². The lowest BCUT2D eigenvalue weighted by atomic mass is 10.3. The second-order valence-electron chi connectivity index (χ2n) is 3.17. The fourth-order valence-electron chi connectivity index (χ4n) is 1.44. The number of anilines is 1. The summed E-state index contributed by atoms with van der Waals surface area (Å²) in [6, 6.07) is 0. The zero-order valence-corrected chi connectivity index (χ0v) is 9.37. The van der Waals surface area contributed by atoms with Crippen LogP contribution in [0.3, 0.4) is 0 Å². The van der Waals surface area contributed by atoms with Gasteiger partial charge in [0, 0.05) is 13.1 Å². The first kappa shape index (κ1) is 10.2. The van der Waals surface area contributed by atoms with Gasteiger partial charge in [0.1, 0.15) is 4.47 Å². The van der Waals surface area contributed by atoms with Gasteiger partial charge in [0.2, 0.25) is 5.91 Å². The van der Waals surface area contributed by atoms with Crippen LogP contribution in [0.1, 0.15) is 0 Å². The molecule has 0 aliphatic carbocycles. The summed E-state index contributed by atoms with van der Waals surface area (Å²) in [6.45, 7) is 1.51. The zero-order valence-electron chi connectivity index (χ0n) is 7.79. The van der Waals surface area contributed by atoms with E-state index in [2.05, 4.69) is 31.4 Å². The van der Waals surface area contributed by atoms with Crippen molar-refractivity contribution in [2.24, 2.45) is 0 Å². The molecule has 2 heterocycles. The number of H-pyrrole nitrogens is 1. The lowest BCUT2D eigenvalue weighted by Crippen LogP contribution is -2.48. The molecule has 0 bridgehead atoms. The minimum Gasteiger partial charge on any atom is -0.358 e. The number of piperazine rings is 1. The average molecular weight is 273 g/mol. The van der Waals surface area contributed by atoms with Crippen molar-refractivity contribution in [3.8, 4) is 0 Å². The van der Waals surface area contributed by atoms with Crippen molar-refractivity contribution in [2.75, 3.05) is 24.5 Å². The Balaban J connectivity index is 2.32. The van der Waals surface area contributed by atoms with Gasteiger partial charge < -0.3 is 10.2 Å². The highest BCUT2D eigenvalue weighted by Gasteiger charge is 2.19. The molecule has 15 heavy (non-hydrogen) atoms. The highest BCUT2D eigenvalue weighted by Crippen LogP contribution is 2.20. The first-order valence-electron chi connectivity index (χ1n) is 4.43. The van der Waals surface area contributed by atoms with Crippen LogP contribution in [-0.4, -0.2) is 35.7 Å². The van der Waals surface area contributed by atoms with Crippen LogP contribution < -0.4 is 15.8 Å². The molecule has 1 aliphatic heterocycles. The fourth-order valence-corrected chi connectivity index (χ4v) is 1.88. The molecule has 0 spiro atoms. The second kappa shape index (κ2) is 4.01. The number of halogens is 1. The van der Waals surface area contributed by atoms with Crippen LogP contribution in [0.25, 0.3) is 0 Å². The van der Waals surface area contributed by atoms with Crippen LogP contribution >= 0.6 is 15.9 Å². The number of hydrogen-bond donors (Lipinski definition) is 2. The van der Waals surface area contributed by atoms with Crippen molar-refractivity contribution in [3.05, 3.63) is 21.0 Å². The van der Waals surface area contributed by atoms with E-state index >= 15 is 0 Å². The molecule has 6 nitrogen and oxygen atoms in total. The molecule has 1 aromatic rings. The van der Waals surface area contributed by atoms with Gasteiger partial charge in [-0.1, -0.05) is 0 Å². The Hall–Kier alpha value is -1.37. The third-order valence-electron chi connectivity index (χ3n) is 2.16. The van der Waals surface area contributed by atoms with Gasteiger partial charge in [0.05, 0.1) is 18.4 Å². The number of hydrogen-bond acceptors (Lipinski definition) is 4. The SMILES string of the molecule is O=C1CN(c2cn[nH]c(=O)c2Br)CCN1. The highest BCUT2D eigenvalue weighted by atomic mass is 79.9. The molecule has 0 unspecified atom stereocenters. The van der Waals surface area contributed by atoms with Crippen LogP contribution in [0, 0.1) is 0 Å². The Bertz CT molecular complexity index is 445. The van der Waals surface area contributed by atoms with Crippen LogP contribution in [0.15, 0.2) is 15.5 Å². The molecule has 0 aromatic carbocycles. The first-order valence-corrected chi connectivity index (χ1v) is 5.22. The summed E-state index contributed by atoms with van der Waals surface area (Å²) in [5.41, 5.74) is 0.354. The van der Waals surface area contributed by atoms with E-state index in [-0.39, 0.29) is 18.0 Å². The third kappa shape index (κ3) is 2.01. The van der Waals surface area contributed by atoms with Gasteiger partial charge in [-0.2, -0.15) is 5.10 Å². The summed E-state index contributed by atoms with van der Waals surface area (Å²) in [7, 11) is 0. The van der Waals surface area contributed by atoms with Gasteiger partial charge in [-0.05, 0) is 15.9 Å². The summed E-state index contributed by atoms with van der Waals surface area (Å²) >= 11 is 3.18. The highest BCUT2D eigenvalue weighted by molar-refractivity contribution is 9.10. The van der Waals surface area contributed by atoms with Crippen LogP contribution in [0.5, 0.6) is 0 Å². The third-order valence-corrected chi connectivity index (χ3v) is 2.92. The summed E-state index contributed by atoms with van der Waals surface area (Å²) in [6.07, 6.45) is 1.53. The maximum absolute atomic E-state index is 11.3. The molecule has 0 atom stereocenters. The Morgan fingerprint density at radius 3 is 3.00 bits per heavy atom. The van der Waals surface area contributed by atoms with Crippen LogP contribution in [0.2, 0.25) is 0 Å². The molecule has 1 aliphatic rings. The molecule has 1 amide bonds. The van der Waals surface area contributed by atoms with Crippen molar-refractivity contribution in [1.29, 1.82) is 0 Å². The molecule has 1 saturated heterocycles. The van der Waals surface area contributed by atoms with Gasteiger partial charge in [0.15, 0.2) is 0 Å². The Morgan fingerprint density at radius 1 is 1.47 bits per heavy atom. The van der Waals surface area contributed by atoms with Crippen LogP contribution in [0.4, 0.5) is 5.69 Å². The number of rotatable bonds is 1. The number of nitrogens with zero attached hydrogens (tertiary/aromatic N) is 2. The predicted octanol–water partition coefficient (Wildman–Crippen LogP) is -0.531. The lowest BCUT2D eigenvalue weighted by Gasteiger charge is -2.28. The average Bonchev–Trinajstić information content (AvgIpc) is 2.22. The minimum atomic E-state index is -0.293. The maximum atomic E-state index is 11.3. The van der Waals surface area contributed by atoms with E-state index in [0.717, 1.165) is 0 Å². The van der Waals surface area contributed by atoms with Gasteiger partial charge >= 0.3 is 0 Å². The largest absolute Gasteiger partial charge is 0.358 e. The maximum Gasteiger partial charge on any atom is 0.280 e. The summed E-state index contributed by atoms with van der Waals surface area (Å²) < 4.78 is 0.409. The molecule has 2 rings (SSSR count). The summed E-state index contributed by atoms with van der Waals surface area (Å²) in [5.74, 6) is -0.0477. The Morgan fingerprint density at radius 2 is 2.27 bits per heavy atom. The van der Waals surface area contributed by atoms with E-state index in [4.69, 9.17) is 0 Å². The van der Waals surface area contributed by atoms with Crippen LogP contribution in [-0.2, 0) is 4.79 Å². The molecule has 7 heteroatoms. The van der Waals surface area contributed by atoms with Crippen molar-refractivity contribution >= 4 is 27.5 Å². The van der Waals surface area contributed by atoms with E-state index in [1.54, 1.807) is 0 Å². The monoisotopic (exact) mass is 272 g/mol. The molecule has 2 N–H and O–H groups in total. The van der Waals surface area contributed by atoms with E-state index in [1.807, 2.05) is 4.90 Å². The molecule has 1 aromatic heterocycles. The molecule has 80 valence electrons. The lowest BCUT2D eigenvalue weighted by molar-refractivity contribution is -0.120. The van der Waals surface area contributed by atoms with Gasteiger partial charge in [-0.3, -0.25) is 9.59 Å². The molecular weight excluding hydrogens is 264 g/mol. The number of aromatic amines is 1. The van der Waals surface area contributed by atoms with Crippen molar-refractivity contribution in [2.45, 2.75) is 0 Å². The number of aromatic nitrogens is 2. The summed E-state index contributed by atoms with van der Waals surface area (Å²) in [5, 5.41) is 8.73. The normalized spacial score (nSPS) is 16.3. The van der Waals surface area contributed by atoms with E-state index in [9.17, 15) is 9.59 Å². The van der Waals surface area contributed by atoms with E-state index in [0.29, 0.717) is 23.2 Å². The van der Waals surface area contributed by atoms with E-state index < -0.39 is 0 Å². The number of carbonyl (C=O) groups is 1. The number of amides is 1. The standard InChI is InChI=1S/C8H9BrN4O2/c9-7-5(3-11-12-8(7)15)13-2-1-10-6(14)4-13/h3H,1-2,4H2,(H,10,14)(H,12,15). The minimum absolute atomic E-state index is 0.0477. The topological polar surface area (TPSA) is 78.1 Å². The first-order chi connectivity index (χ1) is 7.18. The van der Waals surface area contributed by atoms with Gasteiger partial charge in [-0.15, -0.1) is 0 Å². The number of nitrogens with one attached hydrogen (secondary N) is 2.